The lowest BCUT2D eigenvalue weighted by Gasteiger charge is -2.29. The van der Waals surface area contributed by atoms with Gasteiger partial charge in [0.2, 0.25) is 0 Å². The summed E-state index contributed by atoms with van der Waals surface area (Å²) in [4.78, 5) is 80.7. The molecule has 0 amide bonds. The minimum Gasteiger partial charge on any atom is -0.393 e. The third-order valence-corrected chi connectivity index (χ3v) is 16.7. The van der Waals surface area contributed by atoms with Gasteiger partial charge in [-0.2, -0.15) is 9.97 Å². The number of aliphatic hydroxyl groups excluding tert-OH is 3. The Kier molecular flexibility index (Phi) is 22.0. The van der Waals surface area contributed by atoms with E-state index in [1.54, 1.807) is 40.9 Å². The molecule has 8 rings (SSSR count). The average molecular weight is 1190 g/mol. The molecule has 31 heteroatoms. The van der Waals surface area contributed by atoms with Crippen molar-refractivity contribution in [2.24, 2.45) is 17.8 Å². The Morgan fingerprint density at radius 3 is 1.12 bits per heavy atom. The van der Waals surface area contributed by atoms with Gasteiger partial charge in [-0.3, -0.25) is 37.8 Å². The summed E-state index contributed by atoms with van der Waals surface area (Å²) >= 11 is 23.3. The molecule has 0 saturated carbocycles. The number of halogens is 8. The molecule has 0 aliphatic carbocycles. The maximum Gasteiger partial charge on any atom is 0.351 e. The lowest BCUT2D eigenvalue weighted by molar-refractivity contribution is -0.115. The molecule has 7 N–H and O–H groups in total. The van der Waals surface area contributed by atoms with Gasteiger partial charge < -0.3 is 44.9 Å². The Balaban J connectivity index is 0.000000192. The number of hydrogen-bond acceptors (Lipinski definition) is 17. The molecular weight excluding hydrogens is 1130 g/mol. The molecule has 0 bridgehead atoms. The van der Waals surface area contributed by atoms with Crippen LogP contribution in [0, 0.1) is 17.8 Å². The molecule has 4 saturated heterocycles. The van der Waals surface area contributed by atoms with E-state index in [1.807, 2.05) is 18.8 Å². The second-order valence-corrected chi connectivity index (χ2v) is 20.0. The van der Waals surface area contributed by atoms with Crippen LogP contribution in [-0.2, 0) is 18.9 Å². The van der Waals surface area contributed by atoms with Gasteiger partial charge in [0.15, 0.2) is 49.6 Å². The van der Waals surface area contributed by atoms with Gasteiger partial charge in [-0.05, 0) is 25.0 Å². The topological polar surface area (TPSA) is 301 Å². The fourth-order valence-corrected chi connectivity index (χ4v) is 10.9. The average Bonchev–Trinajstić information content (AvgIpc) is 4.08. The molecule has 4 fully saturated rings. The fourth-order valence-electron chi connectivity index (χ4n) is 9.22. The zero-order valence-electron chi connectivity index (χ0n) is 43.3. The van der Waals surface area contributed by atoms with Crippen molar-refractivity contribution < 1.29 is 51.8 Å². The molecule has 4 aromatic rings. The lowest BCUT2D eigenvalue weighted by Crippen LogP contribution is -2.47. The summed E-state index contributed by atoms with van der Waals surface area (Å²) < 4.78 is 83.7. The first-order chi connectivity index (χ1) is 36.9. The number of nitrogens with zero attached hydrogens (tertiary/aromatic N) is 6. The Bertz CT molecular complexity index is 2800. The number of aromatic amines is 2. The van der Waals surface area contributed by atoms with Gasteiger partial charge in [-0.15, -0.1) is 46.4 Å². The van der Waals surface area contributed by atoms with Gasteiger partial charge in [0.1, 0.15) is 28.9 Å². The normalized spacial score (nSPS) is 34.0. The minimum atomic E-state index is -1.90. The summed E-state index contributed by atoms with van der Waals surface area (Å²) in [6.07, 6.45) is -6.02. The molecule has 0 spiro atoms. The largest absolute Gasteiger partial charge is 0.393 e. The zero-order chi connectivity index (χ0) is 58.2. The van der Waals surface area contributed by atoms with Gasteiger partial charge in [-0.1, -0.05) is 34.6 Å². The summed E-state index contributed by atoms with van der Waals surface area (Å²) in [6, 6.07) is 5.33. The predicted molar refractivity (Wildman–Crippen MR) is 281 cm³/mol. The molecule has 0 aromatic carbocycles. The first kappa shape index (κ1) is 64.1. The van der Waals surface area contributed by atoms with Crippen LogP contribution in [0.15, 0.2) is 77.8 Å². The van der Waals surface area contributed by atoms with E-state index in [2.05, 4.69) is 25.6 Å². The molecule has 436 valence electrons. The number of hydrogen-bond donors (Lipinski definition) is 7. The predicted octanol–water partition coefficient (Wildman–Crippen LogP) is 3.10. The van der Waals surface area contributed by atoms with E-state index in [0.29, 0.717) is 24.5 Å². The molecule has 0 unspecified atom stereocenters. The van der Waals surface area contributed by atoms with Gasteiger partial charge >= 0.3 is 22.8 Å². The highest BCUT2D eigenvalue weighted by Crippen LogP contribution is 2.47. The van der Waals surface area contributed by atoms with Crippen LogP contribution in [0.4, 0.5) is 29.2 Å². The highest BCUT2D eigenvalue weighted by Gasteiger charge is 2.57. The molecule has 4 aliphatic heterocycles. The van der Waals surface area contributed by atoms with E-state index in [-0.39, 0.29) is 29.4 Å². The summed E-state index contributed by atoms with van der Waals surface area (Å²) in [7, 11) is 3.25. The van der Waals surface area contributed by atoms with Crippen LogP contribution in [0.5, 0.6) is 0 Å². The lowest BCUT2D eigenvalue weighted by atomic mass is 9.87. The SMILES string of the molecule is CC[C@@]1(CCl)O[C@@H](n2ccc(=O)[nH]c2=O)[C@H](F)[C@@H]1C.CC[C@@]1(CCl)O[C@@H](n2ccc(NC)nc2=O)[C@H](F)[C@@H]1C.CNc1ccn([C@@H]2O[C@@](CO)(CCl)[C@@H](O)[C@H]2F)c(=O)n1.C[C@H]1[C@@H](F)[C@H](n2ccc(=O)[nH]c2=O)O[C@@]1(CO)CCl. The third kappa shape index (κ3) is 12.6. The summed E-state index contributed by atoms with van der Waals surface area (Å²) in [5, 5.41) is 33.9. The summed E-state index contributed by atoms with van der Waals surface area (Å²) in [6.45, 7) is 7.69. The van der Waals surface area contributed by atoms with Crippen molar-refractivity contribution in [2.45, 2.75) is 126 Å². The van der Waals surface area contributed by atoms with E-state index in [0.717, 1.165) is 32.0 Å². The van der Waals surface area contributed by atoms with Crippen LogP contribution in [0.3, 0.4) is 0 Å². The maximum absolute atomic E-state index is 14.5. The van der Waals surface area contributed by atoms with E-state index in [4.69, 9.17) is 65.4 Å². The third-order valence-electron chi connectivity index (χ3n) is 14.9. The van der Waals surface area contributed by atoms with Gasteiger partial charge in [0, 0.05) is 68.8 Å². The monoisotopic (exact) mass is 1190 g/mol. The van der Waals surface area contributed by atoms with Gasteiger partial charge in [-0.25, -0.2) is 36.7 Å². The number of H-pyrrole nitrogens is 2. The van der Waals surface area contributed by atoms with Crippen molar-refractivity contribution in [3.8, 4) is 0 Å². The molecule has 0 radical (unpaired) electrons. The number of aromatic nitrogens is 8. The first-order valence-corrected chi connectivity index (χ1v) is 26.6. The highest BCUT2D eigenvalue weighted by molar-refractivity contribution is 6.19. The van der Waals surface area contributed by atoms with E-state index in [1.165, 1.54) is 29.2 Å². The van der Waals surface area contributed by atoms with Crippen LogP contribution >= 0.6 is 46.4 Å². The van der Waals surface area contributed by atoms with Crippen LogP contribution < -0.4 is 44.5 Å². The molecule has 23 nitrogen and oxygen atoms in total. The van der Waals surface area contributed by atoms with Crippen LogP contribution in [0.1, 0.15) is 72.4 Å². The second kappa shape index (κ2) is 26.7. The zero-order valence-corrected chi connectivity index (χ0v) is 46.4. The van der Waals surface area contributed by atoms with E-state index >= 15 is 0 Å². The number of aliphatic hydroxyl groups is 3. The molecular formula is C47H64Cl4F4N10O13. The standard InChI is InChI=1S/C13H19ClFN3O2.C12H16ClFN2O3.C11H15ClFN3O4.C11H14ClFN2O4/c1-4-13(7-14)8(2)10(15)11(20-13)18-6-5-9(16-3)17-12(18)19;1-3-12(6-13)7(2)9(14)10(19-12)16-5-4-8(17)15-11(16)18;1-14-6-2-3-16(10(19)15-6)9-7(13)8(18)11(4-12,5-17)20-9;1-6-8(13)9(19-11(6,4-12)5-16)15-3-2-7(17)14-10(15)18/h5-6,8,10-11H,4,7H2,1-3H3,(H,16,17,19);4-5,7,9-10H,3,6H2,1-2H3,(H,15,17,18);2-3,7-9,17-18H,4-5H2,1H3,(H,14,15,19);2-3,6,8-9,16H,4-5H2,1H3,(H,14,17,18)/t8-,10+,11+,13-;7-,9+,10+,12-;7-,8+,9-,11-;6-,8+,9+,11+/m0010/s1. The smallest absolute Gasteiger partial charge is 0.351 e. The van der Waals surface area contributed by atoms with Crippen LogP contribution in [0.25, 0.3) is 0 Å². The molecule has 4 aromatic heterocycles. The number of rotatable bonds is 14. The van der Waals surface area contributed by atoms with Crippen molar-refractivity contribution in [3.05, 3.63) is 112 Å². The Hall–Kier alpha value is -4.68. The minimum absolute atomic E-state index is 0.0975. The second-order valence-electron chi connectivity index (χ2n) is 19.0. The van der Waals surface area contributed by atoms with Gasteiger partial charge in [0.05, 0.1) is 47.9 Å². The Morgan fingerprint density at radius 2 is 0.846 bits per heavy atom. The van der Waals surface area contributed by atoms with Crippen molar-refractivity contribution in [3.63, 3.8) is 0 Å². The summed E-state index contributed by atoms with van der Waals surface area (Å²) in [5.41, 5.74) is -8.24. The Morgan fingerprint density at radius 1 is 0.538 bits per heavy atom. The molecule has 4 aliphatic rings. The number of ether oxygens (including phenoxy) is 4. The Labute approximate surface area is 462 Å². The first-order valence-electron chi connectivity index (χ1n) is 24.5. The van der Waals surface area contributed by atoms with Gasteiger partial charge in [0.25, 0.3) is 11.1 Å². The fraction of sp³-hybridized carbons (Fsp3) is 0.660. The highest BCUT2D eigenvalue weighted by atomic mass is 35.5. The quantitative estimate of drug-likeness (QED) is 0.0705. The molecule has 16 atom stereocenters. The van der Waals surface area contributed by atoms with Crippen molar-refractivity contribution >= 4 is 58.0 Å². The van der Waals surface area contributed by atoms with E-state index < -0.39 is 137 Å². The van der Waals surface area contributed by atoms with Crippen molar-refractivity contribution in [2.75, 3.05) is 61.5 Å². The maximum atomic E-state index is 14.5. The van der Waals surface area contributed by atoms with Crippen molar-refractivity contribution in [1.29, 1.82) is 0 Å². The molecule has 8 heterocycles. The van der Waals surface area contributed by atoms with Crippen LogP contribution in [0.2, 0.25) is 0 Å². The number of anilines is 2. The van der Waals surface area contributed by atoms with E-state index in [9.17, 15) is 61.6 Å². The number of nitrogens with one attached hydrogen (secondary N) is 4. The van der Waals surface area contributed by atoms with Crippen LogP contribution in [-0.4, -0.2) is 158 Å². The molecule has 78 heavy (non-hydrogen) atoms. The summed E-state index contributed by atoms with van der Waals surface area (Å²) in [5.74, 6) is -0.794. The number of alkyl halides is 8. The van der Waals surface area contributed by atoms with Crippen molar-refractivity contribution in [1.82, 2.24) is 38.2 Å².